The summed E-state index contributed by atoms with van der Waals surface area (Å²) in [5.74, 6) is -0.475. The predicted octanol–water partition coefficient (Wildman–Crippen LogP) is 2.66. The highest BCUT2D eigenvalue weighted by Gasteiger charge is 2.35. The summed E-state index contributed by atoms with van der Waals surface area (Å²) in [6.45, 7) is 0.258. The van der Waals surface area contributed by atoms with Crippen LogP contribution in [-0.4, -0.2) is 36.8 Å². The lowest BCUT2D eigenvalue weighted by molar-refractivity contribution is 0.0681. The number of halogens is 1. The Kier molecular flexibility index (Phi) is 4.66. The lowest BCUT2D eigenvalue weighted by Gasteiger charge is -2.28. The van der Waals surface area contributed by atoms with Crippen molar-refractivity contribution in [3.8, 4) is 0 Å². The molecule has 1 fully saturated rings. The van der Waals surface area contributed by atoms with E-state index in [1.54, 1.807) is 41.3 Å². The Hall–Kier alpha value is -2.21. The predicted molar refractivity (Wildman–Crippen MR) is 89.8 cm³/mol. The molecule has 0 aromatic heterocycles. The summed E-state index contributed by atoms with van der Waals surface area (Å²) in [6.07, 6.45) is 0.433. The molecule has 6 heteroatoms. The molecule has 0 unspecified atom stereocenters. The van der Waals surface area contributed by atoms with E-state index < -0.39 is 9.84 Å². The third-order valence-electron chi connectivity index (χ3n) is 4.20. The van der Waals surface area contributed by atoms with Crippen molar-refractivity contribution in [2.24, 2.45) is 0 Å². The van der Waals surface area contributed by atoms with Crippen molar-refractivity contribution in [1.82, 2.24) is 4.90 Å². The third-order valence-corrected chi connectivity index (χ3v) is 5.95. The lowest BCUT2D eigenvalue weighted by atomic mass is 10.1. The van der Waals surface area contributed by atoms with Crippen LogP contribution in [0.15, 0.2) is 54.6 Å². The van der Waals surface area contributed by atoms with Gasteiger partial charge >= 0.3 is 0 Å². The number of rotatable bonds is 4. The average molecular weight is 347 g/mol. The minimum absolute atomic E-state index is 0.0211. The molecule has 0 N–H and O–H groups in total. The van der Waals surface area contributed by atoms with Gasteiger partial charge in [-0.3, -0.25) is 4.79 Å². The maximum Gasteiger partial charge on any atom is 0.254 e. The Morgan fingerprint density at radius 3 is 2.33 bits per heavy atom. The summed E-state index contributed by atoms with van der Waals surface area (Å²) < 4.78 is 36.7. The largest absolute Gasteiger partial charge is 0.330 e. The first-order valence-electron chi connectivity index (χ1n) is 7.75. The van der Waals surface area contributed by atoms with E-state index in [0.29, 0.717) is 12.0 Å². The molecule has 2 aromatic carbocycles. The zero-order valence-corrected chi connectivity index (χ0v) is 13.9. The van der Waals surface area contributed by atoms with E-state index in [-0.39, 0.29) is 35.8 Å². The van der Waals surface area contributed by atoms with Gasteiger partial charge in [0.1, 0.15) is 5.82 Å². The van der Waals surface area contributed by atoms with Crippen LogP contribution in [0.2, 0.25) is 0 Å². The Morgan fingerprint density at radius 1 is 1.08 bits per heavy atom. The van der Waals surface area contributed by atoms with Crippen LogP contribution in [-0.2, 0) is 16.4 Å². The molecular formula is C18H18FNO3S. The van der Waals surface area contributed by atoms with Gasteiger partial charge < -0.3 is 4.90 Å². The van der Waals surface area contributed by atoms with E-state index >= 15 is 0 Å². The maximum atomic E-state index is 13.1. The second-order valence-corrected chi connectivity index (χ2v) is 8.21. The molecule has 126 valence electrons. The molecule has 1 atom stereocenters. The molecule has 4 nitrogen and oxygen atoms in total. The molecule has 24 heavy (non-hydrogen) atoms. The van der Waals surface area contributed by atoms with Crippen LogP contribution in [0.3, 0.4) is 0 Å². The fourth-order valence-corrected chi connectivity index (χ4v) is 4.65. The molecule has 0 saturated carbocycles. The van der Waals surface area contributed by atoms with Crippen LogP contribution in [0.25, 0.3) is 0 Å². The van der Waals surface area contributed by atoms with Gasteiger partial charge in [0.25, 0.3) is 5.91 Å². The van der Waals surface area contributed by atoms with Crippen molar-refractivity contribution in [2.75, 3.05) is 11.5 Å². The Bertz CT molecular complexity index is 819. The van der Waals surface area contributed by atoms with Crippen LogP contribution >= 0.6 is 0 Å². The van der Waals surface area contributed by atoms with Crippen LogP contribution in [0.1, 0.15) is 22.3 Å². The summed E-state index contributed by atoms with van der Waals surface area (Å²) in [7, 11) is -3.11. The number of benzene rings is 2. The Morgan fingerprint density at radius 2 is 1.75 bits per heavy atom. The monoisotopic (exact) mass is 347 g/mol. The molecule has 1 aliphatic rings. The van der Waals surface area contributed by atoms with E-state index in [2.05, 4.69) is 0 Å². The molecule has 1 amide bonds. The van der Waals surface area contributed by atoms with E-state index in [1.807, 2.05) is 6.07 Å². The highest BCUT2D eigenvalue weighted by atomic mass is 32.2. The SMILES string of the molecule is O=C(c1ccccc1)N(Cc1ccc(F)cc1)[C@H]1CCS(=O)(=O)C1. The fourth-order valence-electron chi connectivity index (χ4n) is 2.92. The molecule has 2 aromatic rings. The van der Waals surface area contributed by atoms with E-state index in [9.17, 15) is 17.6 Å². The van der Waals surface area contributed by atoms with Crippen molar-refractivity contribution < 1.29 is 17.6 Å². The summed E-state index contributed by atoms with van der Waals surface area (Å²) in [5.41, 5.74) is 1.29. The van der Waals surface area contributed by atoms with E-state index in [0.717, 1.165) is 5.56 Å². The number of nitrogens with zero attached hydrogens (tertiary/aromatic N) is 1. The standard InChI is InChI=1S/C18H18FNO3S/c19-16-8-6-14(7-9-16)12-20(17-10-11-24(22,23)13-17)18(21)15-4-2-1-3-5-15/h1-9,17H,10-13H2/t17-/m0/s1. The molecule has 0 spiro atoms. The van der Waals surface area contributed by atoms with Crippen LogP contribution in [0.4, 0.5) is 4.39 Å². The molecule has 0 radical (unpaired) electrons. The number of hydrogen-bond acceptors (Lipinski definition) is 3. The third kappa shape index (κ3) is 3.82. The van der Waals surface area contributed by atoms with Gasteiger partial charge in [-0.2, -0.15) is 0 Å². The smallest absolute Gasteiger partial charge is 0.254 e. The lowest BCUT2D eigenvalue weighted by Crippen LogP contribution is -2.40. The zero-order valence-electron chi connectivity index (χ0n) is 13.1. The fraction of sp³-hybridized carbons (Fsp3) is 0.278. The molecule has 1 aliphatic heterocycles. The minimum atomic E-state index is -3.11. The van der Waals surface area contributed by atoms with Gasteiger partial charge in [0.15, 0.2) is 9.84 Å². The number of sulfone groups is 1. The molecular weight excluding hydrogens is 329 g/mol. The molecule has 1 saturated heterocycles. The number of carbonyl (C=O) groups excluding carboxylic acids is 1. The van der Waals surface area contributed by atoms with Gasteiger partial charge in [0.05, 0.1) is 11.5 Å². The van der Waals surface area contributed by atoms with Crippen molar-refractivity contribution in [3.05, 3.63) is 71.5 Å². The molecule has 0 aliphatic carbocycles. The van der Waals surface area contributed by atoms with E-state index in [1.165, 1.54) is 12.1 Å². The van der Waals surface area contributed by atoms with Crippen LogP contribution in [0, 0.1) is 5.82 Å². The normalized spacial score (nSPS) is 19.1. The van der Waals surface area contributed by atoms with Gasteiger partial charge in [-0.05, 0) is 36.2 Å². The Balaban J connectivity index is 1.88. The number of hydrogen-bond donors (Lipinski definition) is 0. The van der Waals surface area contributed by atoms with Gasteiger partial charge in [0.2, 0.25) is 0 Å². The van der Waals surface area contributed by atoms with Crippen molar-refractivity contribution in [2.45, 2.75) is 19.0 Å². The topological polar surface area (TPSA) is 54.5 Å². The highest BCUT2D eigenvalue weighted by molar-refractivity contribution is 7.91. The number of amides is 1. The van der Waals surface area contributed by atoms with Crippen molar-refractivity contribution in [3.63, 3.8) is 0 Å². The van der Waals surface area contributed by atoms with Crippen LogP contribution in [0.5, 0.6) is 0 Å². The molecule has 1 heterocycles. The van der Waals surface area contributed by atoms with Gasteiger partial charge in [-0.1, -0.05) is 30.3 Å². The molecule has 3 rings (SSSR count). The molecule has 0 bridgehead atoms. The second kappa shape index (κ2) is 6.73. The van der Waals surface area contributed by atoms with Crippen molar-refractivity contribution in [1.29, 1.82) is 0 Å². The Labute approximate surface area is 140 Å². The first-order valence-corrected chi connectivity index (χ1v) is 9.58. The van der Waals surface area contributed by atoms with Gasteiger partial charge in [-0.15, -0.1) is 0 Å². The second-order valence-electron chi connectivity index (χ2n) is 5.98. The highest BCUT2D eigenvalue weighted by Crippen LogP contribution is 2.22. The zero-order chi connectivity index (χ0) is 17.2. The summed E-state index contributed by atoms with van der Waals surface area (Å²) in [4.78, 5) is 14.5. The van der Waals surface area contributed by atoms with E-state index in [4.69, 9.17) is 0 Å². The van der Waals surface area contributed by atoms with Crippen molar-refractivity contribution >= 4 is 15.7 Å². The average Bonchev–Trinajstić information content (AvgIpc) is 2.94. The quantitative estimate of drug-likeness (QED) is 0.854. The number of carbonyl (C=O) groups is 1. The summed E-state index contributed by atoms with van der Waals surface area (Å²) in [5, 5.41) is 0. The first kappa shape index (κ1) is 16.6. The summed E-state index contributed by atoms with van der Waals surface area (Å²) in [6, 6.07) is 14.3. The van der Waals surface area contributed by atoms with Gasteiger partial charge in [0, 0.05) is 18.2 Å². The maximum absolute atomic E-state index is 13.1. The summed E-state index contributed by atoms with van der Waals surface area (Å²) >= 11 is 0. The van der Waals surface area contributed by atoms with Crippen LogP contribution < -0.4 is 0 Å². The first-order chi connectivity index (χ1) is 11.4. The van der Waals surface area contributed by atoms with Gasteiger partial charge in [-0.25, -0.2) is 12.8 Å². The minimum Gasteiger partial charge on any atom is -0.330 e.